The summed E-state index contributed by atoms with van der Waals surface area (Å²) in [7, 11) is 0. The third-order valence-corrected chi connectivity index (χ3v) is 3.80. The van der Waals surface area contributed by atoms with Crippen molar-refractivity contribution in [3.8, 4) is 0 Å². The third-order valence-electron chi connectivity index (χ3n) is 3.80. The number of hydrogen-bond acceptors (Lipinski definition) is 1. The van der Waals surface area contributed by atoms with E-state index in [1.165, 1.54) is 16.7 Å². The van der Waals surface area contributed by atoms with Crippen LogP contribution in [0.3, 0.4) is 0 Å². The normalized spacial score (nSPS) is 13.5. The van der Waals surface area contributed by atoms with Crippen molar-refractivity contribution in [3.63, 3.8) is 0 Å². The molecule has 0 N–H and O–H groups in total. The highest BCUT2D eigenvalue weighted by atomic mass is 16.1. The number of fused-ring (bicyclic) bond motifs is 1. The van der Waals surface area contributed by atoms with Gasteiger partial charge in [-0.2, -0.15) is 0 Å². The second-order valence-corrected chi connectivity index (χ2v) is 5.30. The number of benzene rings is 2. The smallest absolute Gasteiger partial charge is 0.141 e. The molecule has 0 saturated carbocycles. The molecule has 100 valence electrons. The summed E-state index contributed by atoms with van der Waals surface area (Å²) in [6.07, 6.45) is 5.44. The van der Waals surface area contributed by atoms with Crippen LogP contribution in [-0.4, -0.2) is 5.78 Å². The average molecular weight is 262 g/mol. The largest absolute Gasteiger partial charge is 0.299 e. The highest BCUT2D eigenvalue weighted by Gasteiger charge is 2.14. The SMILES string of the molecule is O=C(CC1=CCCc2ccccc21)Cc1ccccc1. The molecule has 1 aliphatic rings. The quantitative estimate of drug-likeness (QED) is 0.806. The number of allylic oxidation sites excluding steroid dienone is 2. The molecule has 3 rings (SSSR count). The second-order valence-electron chi connectivity index (χ2n) is 5.30. The maximum Gasteiger partial charge on any atom is 0.141 e. The number of aryl methyl sites for hydroxylation is 1. The second kappa shape index (κ2) is 5.87. The molecule has 0 aromatic heterocycles. The minimum Gasteiger partial charge on any atom is -0.299 e. The predicted molar refractivity (Wildman–Crippen MR) is 82.5 cm³/mol. The van der Waals surface area contributed by atoms with Crippen LogP contribution in [0.25, 0.3) is 5.57 Å². The molecule has 1 nitrogen and oxygen atoms in total. The Morgan fingerprint density at radius 3 is 2.50 bits per heavy atom. The standard InChI is InChI=1S/C19H18O/c20-18(13-15-7-2-1-3-8-15)14-17-11-6-10-16-9-4-5-12-19(16)17/h1-5,7-9,11-12H,6,10,13-14H2. The molecule has 0 fully saturated rings. The summed E-state index contributed by atoms with van der Waals surface area (Å²) in [5.74, 6) is 0.291. The third kappa shape index (κ3) is 2.88. The van der Waals surface area contributed by atoms with E-state index in [0.29, 0.717) is 18.6 Å². The lowest BCUT2D eigenvalue weighted by Gasteiger charge is -2.17. The van der Waals surface area contributed by atoms with E-state index < -0.39 is 0 Å². The van der Waals surface area contributed by atoms with E-state index in [2.05, 4.69) is 30.3 Å². The van der Waals surface area contributed by atoms with E-state index in [4.69, 9.17) is 0 Å². The Labute approximate surface area is 120 Å². The van der Waals surface area contributed by atoms with Gasteiger partial charge in [0.25, 0.3) is 0 Å². The van der Waals surface area contributed by atoms with Crippen molar-refractivity contribution >= 4 is 11.4 Å². The van der Waals surface area contributed by atoms with Crippen LogP contribution in [0.5, 0.6) is 0 Å². The van der Waals surface area contributed by atoms with Crippen LogP contribution in [-0.2, 0) is 17.6 Å². The number of Topliss-reactive ketones (excluding diaryl/α,β-unsaturated/α-hetero) is 1. The van der Waals surface area contributed by atoms with Crippen LogP contribution >= 0.6 is 0 Å². The Balaban J connectivity index is 1.72. The number of hydrogen-bond donors (Lipinski definition) is 0. The molecular formula is C19H18O. The Bertz CT molecular complexity index is 638. The summed E-state index contributed by atoms with van der Waals surface area (Å²) >= 11 is 0. The molecule has 0 bridgehead atoms. The van der Waals surface area contributed by atoms with Crippen LogP contribution in [0.2, 0.25) is 0 Å². The Kier molecular flexibility index (Phi) is 3.78. The predicted octanol–water partition coefficient (Wildman–Crippen LogP) is 4.22. The van der Waals surface area contributed by atoms with Gasteiger partial charge in [0.15, 0.2) is 0 Å². The first-order valence-corrected chi connectivity index (χ1v) is 7.16. The van der Waals surface area contributed by atoms with Crippen molar-refractivity contribution in [2.24, 2.45) is 0 Å². The molecule has 0 unspecified atom stereocenters. The topological polar surface area (TPSA) is 17.1 Å². The minimum absolute atomic E-state index is 0.291. The Morgan fingerprint density at radius 1 is 0.900 bits per heavy atom. The Morgan fingerprint density at radius 2 is 1.65 bits per heavy atom. The molecule has 0 radical (unpaired) electrons. The van der Waals surface area contributed by atoms with Gasteiger partial charge in [0, 0.05) is 12.8 Å². The van der Waals surface area contributed by atoms with Gasteiger partial charge in [-0.1, -0.05) is 60.7 Å². The molecule has 0 amide bonds. The highest BCUT2D eigenvalue weighted by Crippen LogP contribution is 2.28. The summed E-state index contributed by atoms with van der Waals surface area (Å²) in [5, 5.41) is 0. The lowest BCUT2D eigenvalue weighted by atomic mass is 9.87. The molecule has 0 saturated heterocycles. The number of rotatable bonds is 4. The van der Waals surface area contributed by atoms with Crippen molar-refractivity contribution in [2.45, 2.75) is 25.7 Å². The molecule has 20 heavy (non-hydrogen) atoms. The zero-order valence-corrected chi connectivity index (χ0v) is 11.5. The van der Waals surface area contributed by atoms with Gasteiger partial charge in [-0.05, 0) is 35.1 Å². The van der Waals surface area contributed by atoms with Gasteiger partial charge in [0.05, 0.1) is 0 Å². The van der Waals surface area contributed by atoms with Crippen molar-refractivity contribution < 1.29 is 4.79 Å². The van der Waals surface area contributed by atoms with E-state index in [1.807, 2.05) is 30.3 Å². The molecule has 2 aromatic carbocycles. The number of carbonyl (C=O) groups is 1. The van der Waals surface area contributed by atoms with Crippen LogP contribution < -0.4 is 0 Å². The molecule has 0 atom stereocenters. The minimum atomic E-state index is 0.291. The van der Waals surface area contributed by atoms with Gasteiger partial charge in [-0.25, -0.2) is 0 Å². The van der Waals surface area contributed by atoms with Gasteiger partial charge >= 0.3 is 0 Å². The summed E-state index contributed by atoms with van der Waals surface area (Å²) in [5.41, 5.74) is 4.94. The maximum absolute atomic E-state index is 12.2. The zero-order chi connectivity index (χ0) is 13.8. The fourth-order valence-electron chi connectivity index (χ4n) is 2.83. The molecule has 0 spiro atoms. The molecular weight excluding hydrogens is 244 g/mol. The summed E-state index contributed by atoms with van der Waals surface area (Å²) in [6.45, 7) is 0. The van der Waals surface area contributed by atoms with Crippen molar-refractivity contribution in [2.75, 3.05) is 0 Å². The number of ketones is 1. The van der Waals surface area contributed by atoms with Gasteiger partial charge in [0.1, 0.15) is 5.78 Å². The molecule has 1 aliphatic carbocycles. The first-order valence-electron chi connectivity index (χ1n) is 7.16. The monoisotopic (exact) mass is 262 g/mol. The van der Waals surface area contributed by atoms with Crippen LogP contribution in [0.4, 0.5) is 0 Å². The fraction of sp³-hybridized carbons (Fsp3) is 0.211. The van der Waals surface area contributed by atoms with Gasteiger partial charge in [-0.3, -0.25) is 4.79 Å². The van der Waals surface area contributed by atoms with E-state index in [0.717, 1.165) is 18.4 Å². The van der Waals surface area contributed by atoms with E-state index >= 15 is 0 Å². The summed E-state index contributed by atoms with van der Waals surface area (Å²) in [6, 6.07) is 18.4. The molecule has 1 heteroatoms. The van der Waals surface area contributed by atoms with Crippen molar-refractivity contribution in [1.82, 2.24) is 0 Å². The van der Waals surface area contributed by atoms with Gasteiger partial charge in [0.2, 0.25) is 0 Å². The summed E-state index contributed by atoms with van der Waals surface area (Å²) in [4.78, 5) is 12.2. The summed E-state index contributed by atoms with van der Waals surface area (Å²) < 4.78 is 0. The van der Waals surface area contributed by atoms with Crippen LogP contribution in [0, 0.1) is 0 Å². The van der Waals surface area contributed by atoms with Crippen molar-refractivity contribution in [1.29, 1.82) is 0 Å². The van der Waals surface area contributed by atoms with Gasteiger partial charge < -0.3 is 0 Å². The van der Waals surface area contributed by atoms with E-state index in [9.17, 15) is 4.79 Å². The highest BCUT2D eigenvalue weighted by molar-refractivity contribution is 5.92. The maximum atomic E-state index is 12.2. The zero-order valence-electron chi connectivity index (χ0n) is 11.5. The van der Waals surface area contributed by atoms with E-state index in [-0.39, 0.29) is 0 Å². The first kappa shape index (κ1) is 12.9. The van der Waals surface area contributed by atoms with Crippen LogP contribution in [0.1, 0.15) is 29.5 Å². The lowest BCUT2D eigenvalue weighted by Crippen LogP contribution is -2.07. The molecule has 0 heterocycles. The number of carbonyl (C=O) groups excluding carboxylic acids is 1. The lowest BCUT2D eigenvalue weighted by molar-refractivity contribution is -0.117. The molecule has 0 aliphatic heterocycles. The fourth-order valence-corrected chi connectivity index (χ4v) is 2.83. The molecule has 2 aromatic rings. The van der Waals surface area contributed by atoms with E-state index in [1.54, 1.807) is 0 Å². The van der Waals surface area contributed by atoms with Crippen molar-refractivity contribution in [3.05, 3.63) is 77.4 Å². The van der Waals surface area contributed by atoms with Crippen LogP contribution in [0.15, 0.2) is 60.7 Å². The first-order chi connectivity index (χ1) is 9.83. The van der Waals surface area contributed by atoms with Gasteiger partial charge in [-0.15, -0.1) is 0 Å². The Hall–Kier alpha value is -2.15. The average Bonchev–Trinajstić information content (AvgIpc) is 2.48.